The zero-order chi connectivity index (χ0) is 12.6. The van der Waals surface area contributed by atoms with Gasteiger partial charge in [-0.2, -0.15) is 5.10 Å². The molecule has 90 valence electrons. The lowest BCUT2D eigenvalue weighted by molar-refractivity contribution is 0.641. The lowest BCUT2D eigenvalue weighted by atomic mass is 10.1. The van der Waals surface area contributed by atoms with Gasteiger partial charge in [-0.3, -0.25) is 4.68 Å². The van der Waals surface area contributed by atoms with Crippen LogP contribution >= 0.6 is 39.1 Å². The molecule has 17 heavy (non-hydrogen) atoms. The van der Waals surface area contributed by atoms with Gasteiger partial charge in [0.05, 0.1) is 10.2 Å². The summed E-state index contributed by atoms with van der Waals surface area (Å²) >= 11 is 15.6. The van der Waals surface area contributed by atoms with Crippen LogP contribution in [0.5, 0.6) is 0 Å². The number of aromatic nitrogens is 2. The Morgan fingerprint density at radius 2 is 1.82 bits per heavy atom. The van der Waals surface area contributed by atoms with Crippen molar-refractivity contribution in [2.24, 2.45) is 0 Å². The van der Waals surface area contributed by atoms with Crippen LogP contribution in [-0.2, 0) is 6.54 Å². The maximum atomic E-state index is 6.00. The molecule has 0 bridgehead atoms. The Kier molecular flexibility index (Phi) is 3.81. The van der Waals surface area contributed by atoms with Gasteiger partial charge in [-0.1, -0.05) is 23.2 Å². The summed E-state index contributed by atoms with van der Waals surface area (Å²) in [6, 6.07) is 5.43. The third-order valence-corrected chi connectivity index (χ3v) is 3.95. The fourth-order valence-corrected chi connectivity index (χ4v) is 2.75. The molecule has 1 heterocycles. The summed E-state index contributed by atoms with van der Waals surface area (Å²) in [4.78, 5) is 0. The summed E-state index contributed by atoms with van der Waals surface area (Å²) in [5, 5.41) is 5.76. The zero-order valence-corrected chi connectivity index (χ0v) is 12.6. The smallest absolute Gasteiger partial charge is 0.107 e. The third kappa shape index (κ3) is 2.51. The molecule has 0 radical (unpaired) electrons. The average molecular weight is 334 g/mol. The summed E-state index contributed by atoms with van der Waals surface area (Å²) < 4.78 is 2.92. The van der Waals surface area contributed by atoms with Crippen molar-refractivity contribution in [3.63, 3.8) is 0 Å². The van der Waals surface area contributed by atoms with E-state index in [1.165, 1.54) is 0 Å². The van der Waals surface area contributed by atoms with Crippen molar-refractivity contribution in [1.29, 1.82) is 0 Å². The Morgan fingerprint density at radius 1 is 1.24 bits per heavy atom. The number of nitrogens with zero attached hydrogens (tertiary/aromatic N) is 2. The molecule has 2 rings (SSSR count). The predicted octanol–water partition coefficient (Wildman–Crippen LogP) is 4.95. The first-order valence-electron chi connectivity index (χ1n) is 5.22. The van der Waals surface area contributed by atoms with Crippen molar-refractivity contribution >= 4 is 39.1 Å². The molecule has 0 spiro atoms. The summed E-state index contributed by atoms with van der Waals surface area (Å²) in [7, 11) is 0. The number of rotatable bonds is 2. The Balaban J connectivity index is 2.60. The van der Waals surface area contributed by atoms with E-state index in [4.69, 9.17) is 23.2 Å². The number of hydrogen-bond acceptors (Lipinski definition) is 1. The van der Waals surface area contributed by atoms with E-state index < -0.39 is 0 Å². The van der Waals surface area contributed by atoms with Crippen molar-refractivity contribution in [1.82, 2.24) is 9.78 Å². The highest BCUT2D eigenvalue weighted by atomic mass is 79.9. The monoisotopic (exact) mass is 332 g/mol. The van der Waals surface area contributed by atoms with E-state index in [0.29, 0.717) is 10.0 Å². The first-order chi connectivity index (χ1) is 8.02. The van der Waals surface area contributed by atoms with Crippen molar-refractivity contribution in [3.05, 3.63) is 38.4 Å². The quantitative estimate of drug-likeness (QED) is 0.760. The SMILES string of the molecule is CCn1nc(-c2cc(Cl)cc(Cl)c2)c(Br)c1C. The maximum absolute atomic E-state index is 6.00. The zero-order valence-electron chi connectivity index (χ0n) is 9.47. The molecule has 0 saturated carbocycles. The molecular formula is C12H11BrCl2N2. The second-order valence-corrected chi connectivity index (χ2v) is 5.39. The van der Waals surface area contributed by atoms with Crippen LogP contribution in [0.3, 0.4) is 0 Å². The average Bonchev–Trinajstić information content (AvgIpc) is 2.54. The minimum atomic E-state index is 0.614. The van der Waals surface area contributed by atoms with Crippen LogP contribution < -0.4 is 0 Å². The summed E-state index contributed by atoms with van der Waals surface area (Å²) in [6.45, 7) is 4.91. The van der Waals surface area contributed by atoms with Crippen LogP contribution in [0.4, 0.5) is 0 Å². The van der Waals surface area contributed by atoms with E-state index in [9.17, 15) is 0 Å². The number of halogens is 3. The van der Waals surface area contributed by atoms with Gasteiger partial charge < -0.3 is 0 Å². The van der Waals surface area contributed by atoms with Crippen LogP contribution in [0.2, 0.25) is 10.0 Å². The highest BCUT2D eigenvalue weighted by molar-refractivity contribution is 9.10. The van der Waals surface area contributed by atoms with E-state index in [-0.39, 0.29) is 0 Å². The Bertz CT molecular complexity index is 544. The minimum absolute atomic E-state index is 0.614. The molecule has 5 heteroatoms. The molecule has 0 atom stereocenters. The van der Waals surface area contributed by atoms with Gasteiger partial charge in [-0.15, -0.1) is 0 Å². The lowest BCUT2D eigenvalue weighted by Crippen LogP contribution is -1.98. The molecule has 1 aromatic heterocycles. The van der Waals surface area contributed by atoms with Gasteiger partial charge in [0.25, 0.3) is 0 Å². The molecule has 0 amide bonds. The molecule has 0 saturated heterocycles. The molecule has 0 unspecified atom stereocenters. The molecule has 0 aliphatic carbocycles. The lowest BCUT2D eigenvalue weighted by Gasteiger charge is -2.00. The van der Waals surface area contributed by atoms with Crippen molar-refractivity contribution in [2.75, 3.05) is 0 Å². The second kappa shape index (κ2) is 5.01. The van der Waals surface area contributed by atoms with Gasteiger partial charge in [0.15, 0.2) is 0 Å². The third-order valence-electron chi connectivity index (χ3n) is 2.57. The largest absolute Gasteiger partial charge is 0.268 e. The Morgan fingerprint density at radius 3 is 2.29 bits per heavy atom. The minimum Gasteiger partial charge on any atom is -0.268 e. The summed E-state index contributed by atoms with van der Waals surface area (Å²) in [5.74, 6) is 0. The van der Waals surface area contributed by atoms with Gasteiger partial charge in [0.1, 0.15) is 5.69 Å². The van der Waals surface area contributed by atoms with Gasteiger partial charge in [-0.25, -0.2) is 0 Å². The van der Waals surface area contributed by atoms with Crippen molar-refractivity contribution in [2.45, 2.75) is 20.4 Å². The maximum Gasteiger partial charge on any atom is 0.107 e. The number of hydrogen-bond donors (Lipinski definition) is 0. The standard InChI is InChI=1S/C12H11BrCl2N2/c1-3-17-7(2)11(13)12(16-17)8-4-9(14)6-10(15)5-8/h4-6H,3H2,1-2H3. The Labute approximate surface area is 119 Å². The highest BCUT2D eigenvalue weighted by Crippen LogP contribution is 2.33. The van der Waals surface area contributed by atoms with E-state index in [2.05, 4.69) is 28.0 Å². The second-order valence-electron chi connectivity index (χ2n) is 3.72. The normalized spacial score (nSPS) is 10.9. The predicted molar refractivity (Wildman–Crippen MR) is 75.8 cm³/mol. The Hall–Kier alpha value is -0.510. The van der Waals surface area contributed by atoms with Gasteiger partial charge >= 0.3 is 0 Å². The van der Waals surface area contributed by atoms with E-state index in [1.54, 1.807) is 6.07 Å². The molecule has 2 aromatic rings. The van der Waals surface area contributed by atoms with Gasteiger partial charge in [0.2, 0.25) is 0 Å². The van der Waals surface area contributed by atoms with Gasteiger partial charge in [-0.05, 0) is 48.0 Å². The van der Waals surface area contributed by atoms with E-state index in [1.807, 2.05) is 23.7 Å². The van der Waals surface area contributed by atoms with Crippen LogP contribution in [0.1, 0.15) is 12.6 Å². The van der Waals surface area contributed by atoms with E-state index in [0.717, 1.165) is 28.0 Å². The first-order valence-corrected chi connectivity index (χ1v) is 6.77. The molecule has 0 N–H and O–H groups in total. The van der Waals surface area contributed by atoms with Crippen molar-refractivity contribution in [3.8, 4) is 11.3 Å². The summed E-state index contributed by atoms with van der Waals surface area (Å²) in [5.41, 5.74) is 2.89. The van der Waals surface area contributed by atoms with Crippen LogP contribution in [-0.4, -0.2) is 9.78 Å². The molecule has 0 aliphatic rings. The van der Waals surface area contributed by atoms with Gasteiger partial charge in [0, 0.05) is 22.2 Å². The van der Waals surface area contributed by atoms with Crippen LogP contribution in [0, 0.1) is 6.92 Å². The molecule has 0 fully saturated rings. The molecular weight excluding hydrogens is 323 g/mol. The number of benzene rings is 1. The fourth-order valence-electron chi connectivity index (χ4n) is 1.71. The molecule has 1 aromatic carbocycles. The van der Waals surface area contributed by atoms with Crippen LogP contribution in [0.15, 0.2) is 22.7 Å². The van der Waals surface area contributed by atoms with Crippen LogP contribution in [0.25, 0.3) is 11.3 Å². The molecule has 0 aliphatic heterocycles. The molecule has 2 nitrogen and oxygen atoms in total. The van der Waals surface area contributed by atoms with Crippen molar-refractivity contribution < 1.29 is 0 Å². The fraction of sp³-hybridized carbons (Fsp3) is 0.250. The number of aryl methyl sites for hydroxylation is 1. The first kappa shape index (κ1) is 12.9. The highest BCUT2D eigenvalue weighted by Gasteiger charge is 2.14. The van der Waals surface area contributed by atoms with E-state index >= 15 is 0 Å². The topological polar surface area (TPSA) is 17.8 Å². The summed E-state index contributed by atoms with van der Waals surface area (Å²) in [6.07, 6.45) is 0.